The van der Waals surface area contributed by atoms with Gasteiger partial charge in [-0.15, -0.1) is 0 Å². The van der Waals surface area contributed by atoms with Crippen molar-refractivity contribution in [3.8, 4) is 6.07 Å². The van der Waals surface area contributed by atoms with E-state index in [1.807, 2.05) is 6.07 Å². The van der Waals surface area contributed by atoms with Crippen LogP contribution in [0.5, 0.6) is 0 Å². The molecule has 0 amide bonds. The highest BCUT2D eigenvalue weighted by atomic mass is 35.5. The number of halogens is 3. The molecule has 2 nitrogen and oxygen atoms in total. The van der Waals surface area contributed by atoms with Crippen molar-refractivity contribution in [3.63, 3.8) is 0 Å². The third kappa shape index (κ3) is 2.73. The van der Waals surface area contributed by atoms with E-state index in [1.165, 1.54) is 12.1 Å². The summed E-state index contributed by atoms with van der Waals surface area (Å²) in [4.78, 5) is 0. The average Bonchev–Trinajstić information content (AvgIpc) is 2.34. The van der Waals surface area contributed by atoms with Gasteiger partial charge in [-0.2, -0.15) is 5.26 Å². The van der Waals surface area contributed by atoms with Gasteiger partial charge in [-0.3, -0.25) is 0 Å². The molecule has 2 rings (SSSR count). The van der Waals surface area contributed by atoms with Crippen LogP contribution in [0.4, 0.5) is 15.8 Å². The van der Waals surface area contributed by atoms with Crippen molar-refractivity contribution in [3.05, 3.63) is 57.8 Å². The van der Waals surface area contributed by atoms with Gasteiger partial charge in [0.25, 0.3) is 0 Å². The molecular formula is C13H7Cl2FN2. The molecule has 0 aliphatic carbocycles. The first kappa shape index (κ1) is 12.7. The van der Waals surface area contributed by atoms with Crippen LogP contribution in [0.25, 0.3) is 0 Å². The number of hydrogen-bond donors (Lipinski definition) is 1. The molecule has 18 heavy (non-hydrogen) atoms. The zero-order valence-corrected chi connectivity index (χ0v) is 10.6. The van der Waals surface area contributed by atoms with Crippen LogP contribution in [0.1, 0.15) is 5.56 Å². The van der Waals surface area contributed by atoms with Gasteiger partial charge >= 0.3 is 0 Å². The number of nitriles is 1. The second kappa shape index (κ2) is 5.26. The Morgan fingerprint density at radius 2 is 1.78 bits per heavy atom. The number of benzene rings is 2. The van der Waals surface area contributed by atoms with Crippen LogP contribution >= 0.6 is 23.2 Å². The smallest absolute Gasteiger partial charge is 0.147 e. The Morgan fingerprint density at radius 1 is 1.06 bits per heavy atom. The fraction of sp³-hybridized carbons (Fsp3) is 0. The molecule has 5 heteroatoms. The Hall–Kier alpha value is -1.76. The summed E-state index contributed by atoms with van der Waals surface area (Å²) in [5, 5.41) is 12.4. The van der Waals surface area contributed by atoms with Gasteiger partial charge in [-0.05, 0) is 36.4 Å². The molecule has 0 saturated heterocycles. The van der Waals surface area contributed by atoms with Crippen LogP contribution in [0.2, 0.25) is 10.0 Å². The van der Waals surface area contributed by atoms with Gasteiger partial charge in [0, 0.05) is 5.02 Å². The molecule has 0 fully saturated rings. The van der Waals surface area contributed by atoms with E-state index in [0.717, 1.165) is 6.07 Å². The van der Waals surface area contributed by atoms with E-state index in [-0.39, 0.29) is 11.3 Å². The quantitative estimate of drug-likeness (QED) is 0.862. The lowest BCUT2D eigenvalue weighted by molar-refractivity contribution is 0.631. The summed E-state index contributed by atoms with van der Waals surface area (Å²) in [6.07, 6.45) is 0. The third-order valence-electron chi connectivity index (χ3n) is 2.30. The molecule has 0 bridgehead atoms. The minimum absolute atomic E-state index is 0.248. The largest absolute Gasteiger partial charge is 0.352 e. The predicted molar refractivity (Wildman–Crippen MR) is 70.9 cm³/mol. The molecular weight excluding hydrogens is 274 g/mol. The molecule has 0 saturated carbocycles. The molecule has 0 unspecified atom stereocenters. The predicted octanol–water partition coefficient (Wildman–Crippen LogP) is 4.75. The Balaban J connectivity index is 2.32. The molecule has 2 aromatic carbocycles. The molecule has 0 aliphatic heterocycles. The molecule has 1 N–H and O–H groups in total. The first-order valence-electron chi connectivity index (χ1n) is 5.02. The Morgan fingerprint density at radius 3 is 2.39 bits per heavy atom. The van der Waals surface area contributed by atoms with E-state index >= 15 is 0 Å². The first-order chi connectivity index (χ1) is 8.60. The van der Waals surface area contributed by atoms with Gasteiger partial charge in [0.15, 0.2) is 0 Å². The van der Waals surface area contributed by atoms with Crippen LogP contribution in [0.15, 0.2) is 36.4 Å². The molecule has 0 aromatic heterocycles. The summed E-state index contributed by atoms with van der Waals surface area (Å²) in [5.74, 6) is -0.514. The highest BCUT2D eigenvalue weighted by Gasteiger charge is 2.06. The molecule has 2 aromatic rings. The van der Waals surface area contributed by atoms with Crippen molar-refractivity contribution < 1.29 is 4.39 Å². The molecule has 0 radical (unpaired) electrons. The van der Waals surface area contributed by atoms with E-state index < -0.39 is 5.82 Å². The summed E-state index contributed by atoms with van der Waals surface area (Å²) in [6.45, 7) is 0. The fourth-order valence-electron chi connectivity index (χ4n) is 1.42. The van der Waals surface area contributed by atoms with E-state index in [1.54, 1.807) is 18.2 Å². The topological polar surface area (TPSA) is 35.8 Å². The van der Waals surface area contributed by atoms with Crippen LogP contribution in [0.3, 0.4) is 0 Å². The van der Waals surface area contributed by atoms with Gasteiger partial charge in [-0.1, -0.05) is 23.2 Å². The van der Waals surface area contributed by atoms with Gasteiger partial charge in [0.2, 0.25) is 0 Å². The zero-order chi connectivity index (χ0) is 13.1. The highest BCUT2D eigenvalue weighted by Crippen LogP contribution is 2.29. The maximum Gasteiger partial charge on any atom is 0.147 e. The van der Waals surface area contributed by atoms with Crippen LogP contribution in [-0.4, -0.2) is 0 Å². The maximum absolute atomic E-state index is 13.7. The first-order valence-corrected chi connectivity index (χ1v) is 5.77. The van der Waals surface area contributed by atoms with Crippen molar-refractivity contribution >= 4 is 34.6 Å². The minimum atomic E-state index is -0.514. The fourth-order valence-corrected chi connectivity index (χ4v) is 1.88. The highest BCUT2D eigenvalue weighted by molar-refractivity contribution is 6.36. The maximum atomic E-state index is 13.7. The van der Waals surface area contributed by atoms with E-state index in [2.05, 4.69) is 5.32 Å². The van der Waals surface area contributed by atoms with E-state index in [9.17, 15) is 4.39 Å². The van der Waals surface area contributed by atoms with Crippen molar-refractivity contribution in [1.29, 1.82) is 5.26 Å². The summed E-state index contributed by atoms with van der Waals surface area (Å²) < 4.78 is 13.7. The average molecular weight is 281 g/mol. The SMILES string of the molecule is N#Cc1ccc(Nc2ccc(Cl)cc2Cl)c(F)c1. The van der Waals surface area contributed by atoms with E-state index in [0.29, 0.717) is 15.7 Å². The molecule has 0 atom stereocenters. The number of nitrogens with zero attached hydrogens (tertiary/aromatic N) is 1. The normalized spacial score (nSPS) is 9.89. The molecule has 0 heterocycles. The lowest BCUT2D eigenvalue weighted by Gasteiger charge is -2.09. The van der Waals surface area contributed by atoms with Gasteiger partial charge in [-0.25, -0.2) is 4.39 Å². The lowest BCUT2D eigenvalue weighted by Crippen LogP contribution is -1.95. The Kier molecular flexibility index (Phi) is 3.71. The lowest BCUT2D eigenvalue weighted by atomic mass is 10.2. The van der Waals surface area contributed by atoms with Crippen molar-refractivity contribution in [2.24, 2.45) is 0 Å². The molecule has 0 spiro atoms. The molecule has 90 valence electrons. The Labute approximate surface area is 114 Å². The second-order valence-corrected chi connectivity index (χ2v) is 4.40. The van der Waals surface area contributed by atoms with Crippen molar-refractivity contribution in [2.75, 3.05) is 5.32 Å². The van der Waals surface area contributed by atoms with E-state index in [4.69, 9.17) is 28.5 Å². The molecule has 0 aliphatic rings. The van der Waals surface area contributed by atoms with Crippen molar-refractivity contribution in [1.82, 2.24) is 0 Å². The minimum Gasteiger partial charge on any atom is -0.352 e. The second-order valence-electron chi connectivity index (χ2n) is 3.56. The standard InChI is InChI=1S/C13H7Cl2FN2/c14-9-2-4-12(10(15)6-9)18-13-3-1-8(7-17)5-11(13)16/h1-6,18H. The van der Waals surface area contributed by atoms with Gasteiger partial charge < -0.3 is 5.32 Å². The third-order valence-corrected chi connectivity index (χ3v) is 2.85. The monoisotopic (exact) mass is 280 g/mol. The van der Waals surface area contributed by atoms with Crippen LogP contribution in [0, 0.1) is 17.1 Å². The van der Waals surface area contributed by atoms with Crippen LogP contribution in [-0.2, 0) is 0 Å². The summed E-state index contributed by atoms with van der Waals surface area (Å²) in [6, 6.07) is 10.9. The summed E-state index contributed by atoms with van der Waals surface area (Å²) in [5.41, 5.74) is 1.06. The van der Waals surface area contributed by atoms with Crippen LogP contribution < -0.4 is 5.32 Å². The Bertz CT molecular complexity index is 635. The summed E-state index contributed by atoms with van der Waals surface area (Å²) >= 11 is 11.7. The number of hydrogen-bond acceptors (Lipinski definition) is 2. The number of anilines is 2. The number of nitrogens with one attached hydrogen (secondary N) is 1. The van der Waals surface area contributed by atoms with Gasteiger partial charge in [0.1, 0.15) is 5.82 Å². The number of rotatable bonds is 2. The zero-order valence-electron chi connectivity index (χ0n) is 9.05. The summed E-state index contributed by atoms with van der Waals surface area (Å²) in [7, 11) is 0. The van der Waals surface area contributed by atoms with Gasteiger partial charge in [0.05, 0.1) is 28.0 Å². The van der Waals surface area contributed by atoms with Crippen molar-refractivity contribution in [2.45, 2.75) is 0 Å².